The second-order valence-corrected chi connectivity index (χ2v) is 7.98. The first-order valence-corrected chi connectivity index (χ1v) is 9.02. The smallest absolute Gasteiger partial charge is 0.335 e. The van der Waals surface area contributed by atoms with Crippen molar-refractivity contribution in [1.29, 1.82) is 0 Å². The van der Waals surface area contributed by atoms with Gasteiger partial charge in [-0.2, -0.15) is 5.10 Å². The first-order chi connectivity index (χ1) is 12.8. The molecule has 0 spiro atoms. The van der Waals surface area contributed by atoms with E-state index in [0.717, 1.165) is 12.0 Å². The molecule has 140 valence electrons. The summed E-state index contributed by atoms with van der Waals surface area (Å²) in [5.74, 6) is -0.846. The Morgan fingerprint density at radius 1 is 1.07 bits per heavy atom. The summed E-state index contributed by atoms with van der Waals surface area (Å²) in [6.45, 7) is 6.55. The van der Waals surface area contributed by atoms with Gasteiger partial charge in [0, 0.05) is 5.92 Å². The van der Waals surface area contributed by atoms with Gasteiger partial charge in [-0.15, -0.1) is 0 Å². The van der Waals surface area contributed by atoms with Crippen LogP contribution in [0.2, 0.25) is 0 Å². The molecule has 1 fully saturated rings. The Balaban J connectivity index is 1.53. The van der Waals surface area contributed by atoms with Crippen LogP contribution in [0.25, 0.3) is 0 Å². The van der Waals surface area contributed by atoms with Crippen LogP contribution in [0.4, 0.5) is 0 Å². The van der Waals surface area contributed by atoms with Gasteiger partial charge in [0.05, 0.1) is 11.8 Å². The molecule has 27 heavy (non-hydrogen) atoms. The van der Waals surface area contributed by atoms with Crippen molar-refractivity contribution in [1.82, 2.24) is 5.43 Å². The van der Waals surface area contributed by atoms with Gasteiger partial charge in [-0.3, -0.25) is 4.79 Å². The number of hydrogen-bond acceptors (Lipinski definition) is 3. The Hall–Kier alpha value is -2.95. The zero-order chi connectivity index (χ0) is 19.6. The maximum absolute atomic E-state index is 12.2. The van der Waals surface area contributed by atoms with Crippen LogP contribution in [0, 0.1) is 5.92 Å². The Bertz CT molecular complexity index is 862. The molecule has 5 nitrogen and oxygen atoms in total. The van der Waals surface area contributed by atoms with Crippen molar-refractivity contribution in [2.45, 2.75) is 38.5 Å². The summed E-state index contributed by atoms with van der Waals surface area (Å²) >= 11 is 0. The van der Waals surface area contributed by atoms with Crippen LogP contribution in [0.1, 0.15) is 60.2 Å². The highest BCUT2D eigenvalue weighted by Gasteiger charge is 2.43. The third-order valence-corrected chi connectivity index (χ3v) is 4.88. The fraction of sp³-hybridized carbons (Fsp3) is 0.318. The average molecular weight is 364 g/mol. The Labute approximate surface area is 159 Å². The molecular weight excluding hydrogens is 340 g/mol. The van der Waals surface area contributed by atoms with E-state index in [4.69, 9.17) is 5.11 Å². The second kappa shape index (κ2) is 7.35. The minimum atomic E-state index is -0.970. The molecule has 0 radical (unpaired) electrons. The third kappa shape index (κ3) is 4.61. The number of carboxylic acids is 1. The molecule has 2 atom stereocenters. The molecule has 2 aromatic carbocycles. The van der Waals surface area contributed by atoms with Crippen molar-refractivity contribution in [3.05, 3.63) is 70.8 Å². The van der Waals surface area contributed by atoms with Crippen molar-refractivity contribution in [3.8, 4) is 0 Å². The third-order valence-electron chi connectivity index (χ3n) is 4.88. The Morgan fingerprint density at radius 3 is 2.26 bits per heavy atom. The number of aromatic carboxylic acids is 1. The largest absolute Gasteiger partial charge is 0.478 e. The summed E-state index contributed by atoms with van der Waals surface area (Å²) in [5, 5.41) is 12.9. The molecule has 0 heterocycles. The van der Waals surface area contributed by atoms with Gasteiger partial charge in [0.2, 0.25) is 5.91 Å². The molecule has 0 unspecified atom stereocenters. The average Bonchev–Trinajstić information content (AvgIpc) is 3.42. The monoisotopic (exact) mass is 364 g/mol. The van der Waals surface area contributed by atoms with E-state index in [2.05, 4.69) is 55.6 Å². The minimum Gasteiger partial charge on any atom is -0.478 e. The molecule has 0 aliphatic heterocycles. The fourth-order valence-electron chi connectivity index (χ4n) is 3.05. The first-order valence-electron chi connectivity index (χ1n) is 9.02. The van der Waals surface area contributed by atoms with Crippen molar-refractivity contribution >= 4 is 18.1 Å². The van der Waals surface area contributed by atoms with Gasteiger partial charge in [0.1, 0.15) is 0 Å². The van der Waals surface area contributed by atoms with Crippen LogP contribution >= 0.6 is 0 Å². The van der Waals surface area contributed by atoms with Gasteiger partial charge < -0.3 is 5.11 Å². The van der Waals surface area contributed by atoms with E-state index < -0.39 is 5.97 Å². The molecule has 0 aromatic heterocycles. The molecule has 1 saturated carbocycles. The highest BCUT2D eigenvalue weighted by Crippen LogP contribution is 2.47. The predicted molar refractivity (Wildman–Crippen MR) is 105 cm³/mol. The van der Waals surface area contributed by atoms with Gasteiger partial charge in [0.15, 0.2) is 0 Å². The SMILES string of the molecule is CC(C)(C)c1ccc([C@@H]2C[C@@H]2C(=O)N/N=C/c2ccc(C(=O)O)cc2)cc1. The van der Waals surface area contributed by atoms with Crippen molar-refractivity contribution in [2.75, 3.05) is 0 Å². The molecule has 1 aliphatic carbocycles. The Kier molecular flexibility index (Phi) is 5.13. The van der Waals surface area contributed by atoms with Crippen LogP contribution < -0.4 is 5.43 Å². The van der Waals surface area contributed by atoms with E-state index in [-0.39, 0.29) is 28.7 Å². The fourth-order valence-corrected chi connectivity index (χ4v) is 3.05. The maximum Gasteiger partial charge on any atom is 0.335 e. The van der Waals surface area contributed by atoms with E-state index in [9.17, 15) is 9.59 Å². The second-order valence-electron chi connectivity index (χ2n) is 7.98. The summed E-state index contributed by atoms with van der Waals surface area (Å²) in [6.07, 6.45) is 2.35. The first kappa shape index (κ1) is 18.8. The number of nitrogens with zero attached hydrogens (tertiary/aromatic N) is 1. The lowest BCUT2D eigenvalue weighted by Crippen LogP contribution is -2.20. The Morgan fingerprint density at radius 2 is 1.70 bits per heavy atom. The highest BCUT2D eigenvalue weighted by atomic mass is 16.4. The molecule has 5 heteroatoms. The van der Waals surface area contributed by atoms with E-state index in [1.165, 1.54) is 29.5 Å². The van der Waals surface area contributed by atoms with E-state index in [0.29, 0.717) is 0 Å². The van der Waals surface area contributed by atoms with Crippen molar-refractivity contribution in [3.63, 3.8) is 0 Å². The minimum absolute atomic E-state index is 0.0444. The number of carboxylic acid groups (broad SMARTS) is 1. The van der Waals surface area contributed by atoms with Crippen LogP contribution in [0.15, 0.2) is 53.6 Å². The molecule has 3 rings (SSSR count). The zero-order valence-electron chi connectivity index (χ0n) is 15.8. The standard InChI is InChI=1S/C22H24N2O3/c1-22(2,3)17-10-8-15(9-11-17)18-12-19(18)20(25)24-23-13-14-4-6-16(7-5-14)21(26)27/h4-11,13,18-19H,12H2,1-3H3,(H,24,25)(H,26,27)/b23-13+/t18-,19-/m0/s1. The van der Waals surface area contributed by atoms with Gasteiger partial charge in [-0.05, 0) is 46.6 Å². The summed E-state index contributed by atoms with van der Waals surface area (Å²) in [7, 11) is 0. The summed E-state index contributed by atoms with van der Waals surface area (Å²) < 4.78 is 0. The van der Waals surface area contributed by atoms with Crippen LogP contribution in [0.5, 0.6) is 0 Å². The lowest BCUT2D eigenvalue weighted by Gasteiger charge is -2.19. The van der Waals surface area contributed by atoms with Crippen LogP contribution in [-0.2, 0) is 10.2 Å². The van der Waals surface area contributed by atoms with E-state index in [1.807, 2.05) is 0 Å². The number of carbonyl (C=O) groups excluding carboxylic acids is 1. The number of hydrazone groups is 1. The zero-order valence-corrected chi connectivity index (χ0v) is 15.8. The molecule has 1 aliphatic rings. The van der Waals surface area contributed by atoms with Crippen molar-refractivity contribution < 1.29 is 14.7 Å². The number of amides is 1. The lowest BCUT2D eigenvalue weighted by molar-refractivity contribution is -0.122. The molecule has 2 N–H and O–H groups in total. The molecule has 1 amide bonds. The van der Waals surface area contributed by atoms with Crippen molar-refractivity contribution in [2.24, 2.45) is 11.0 Å². The molecule has 0 saturated heterocycles. The number of nitrogens with one attached hydrogen (secondary N) is 1. The molecule has 0 bridgehead atoms. The van der Waals surface area contributed by atoms with Gasteiger partial charge in [-0.25, -0.2) is 10.2 Å². The van der Waals surface area contributed by atoms with Crippen LogP contribution in [0.3, 0.4) is 0 Å². The number of benzene rings is 2. The maximum atomic E-state index is 12.2. The van der Waals surface area contributed by atoms with Gasteiger partial charge >= 0.3 is 5.97 Å². The summed E-state index contributed by atoms with van der Waals surface area (Å²) in [6, 6.07) is 14.8. The topological polar surface area (TPSA) is 78.8 Å². The summed E-state index contributed by atoms with van der Waals surface area (Å²) in [4.78, 5) is 23.1. The quantitative estimate of drug-likeness (QED) is 0.623. The number of rotatable bonds is 5. The summed E-state index contributed by atoms with van der Waals surface area (Å²) in [5.41, 5.74) is 6.12. The van der Waals surface area contributed by atoms with Crippen LogP contribution in [-0.4, -0.2) is 23.2 Å². The molecular formula is C22H24N2O3. The van der Waals surface area contributed by atoms with E-state index in [1.54, 1.807) is 12.1 Å². The van der Waals surface area contributed by atoms with Gasteiger partial charge in [-0.1, -0.05) is 57.2 Å². The predicted octanol–water partition coefficient (Wildman–Crippen LogP) is 3.94. The normalized spacial score (nSPS) is 19.1. The number of hydrogen-bond donors (Lipinski definition) is 2. The van der Waals surface area contributed by atoms with E-state index >= 15 is 0 Å². The lowest BCUT2D eigenvalue weighted by atomic mass is 9.86. The van der Waals surface area contributed by atoms with Gasteiger partial charge in [0.25, 0.3) is 0 Å². The number of carbonyl (C=O) groups is 2. The molecule has 2 aromatic rings. The highest BCUT2D eigenvalue weighted by molar-refractivity contribution is 5.89.